The van der Waals surface area contributed by atoms with Crippen LogP contribution in [0.25, 0.3) is 0 Å². The second-order valence-electron chi connectivity index (χ2n) is 3.92. The first-order valence-corrected chi connectivity index (χ1v) is 6.04. The van der Waals surface area contributed by atoms with Crippen LogP contribution in [-0.2, 0) is 0 Å². The summed E-state index contributed by atoms with van der Waals surface area (Å²) < 4.78 is 0. The molecule has 0 radical (unpaired) electrons. The Labute approximate surface area is 84.2 Å². The van der Waals surface area contributed by atoms with Gasteiger partial charge in [0, 0.05) is 6.04 Å². The molecular formula is C11H17NS. The smallest absolute Gasteiger partial charge is 0.0325 e. The summed E-state index contributed by atoms with van der Waals surface area (Å²) in [5.41, 5.74) is 1.47. The fourth-order valence-electron chi connectivity index (χ4n) is 1.76. The van der Waals surface area contributed by atoms with Crippen LogP contribution in [0.4, 0.5) is 0 Å². The first-order valence-electron chi connectivity index (χ1n) is 5.09. The van der Waals surface area contributed by atoms with Crippen molar-refractivity contribution in [2.75, 3.05) is 7.05 Å². The highest BCUT2D eigenvalue weighted by molar-refractivity contribution is 7.07. The molecular weight excluding hydrogens is 178 g/mol. The van der Waals surface area contributed by atoms with E-state index >= 15 is 0 Å². The largest absolute Gasteiger partial charge is 0.313 e. The maximum absolute atomic E-state index is 3.39. The summed E-state index contributed by atoms with van der Waals surface area (Å²) in [5.74, 6) is 1.05. The number of nitrogens with one attached hydrogen (secondary N) is 1. The van der Waals surface area contributed by atoms with Crippen molar-refractivity contribution in [3.63, 3.8) is 0 Å². The molecule has 13 heavy (non-hydrogen) atoms. The zero-order valence-electron chi connectivity index (χ0n) is 8.12. The molecule has 1 N–H and O–H groups in total. The Bertz CT molecular complexity index is 239. The number of hydrogen-bond donors (Lipinski definition) is 1. The summed E-state index contributed by atoms with van der Waals surface area (Å²) in [6, 6.07) is 2.82. The van der Waals surface area contributed by atoms with Gasteiger partial charge < -0.3 is 5.32 Å². The fourth-order valence-corrected chi connectivity index (χ4v) is 2.47. The number of rotatable bonds is 5. The standard InChI is InChI=1S/C11H17NS/c1-12-11(5-4-9-2-3-9)10-6-7-13-8-10/h6-9,11-12H,2-5H2,1H3. The molecule has 1 atom stereocenters. The molecule has 1 saturated carbocycles. The van der Waals surface area contributed by atoms with Crippen LogP contribution < -0.4 is 5.32 Å². The lowest BCUT2D eigenvalue weighted by atomic mass is 10.0. The van der Waals surface area contributed by atoms with Crippen LogP contribution in [0.1, 0.15) is 37.3 Å². The van der Waals surface area contributed by atoms with Gasteiger partial charge in [0.2, 0.25) is 0 Å². The predicted molar refractivity (Wildman–Crippen MR) is 58.1 cm³/mol. The Balaban J connectivity index is 1.85. The lowest BCUT2D eigenvalue weighted by molar-refractivity contribution is 0.507. The lowest BCUT2D eigenvalue weighted by Crippen LogP contribution is -2.15. The van der Waals surface area contributed by atoms with Gasteiger partial charge in [0.05, 0.1) is 0 Å². The van der Waals surface area contributed by atoms with Crippen molar-refractivity contribution in [1.29, 1.82) is 0 Å². The zero-order valence-corrected chi connectivity index (χ0v) is 8.94. The molecule has 0 saturated heterocycles. The molecule has 72 valence electrons. The van der Waals surface area contributed by atoms with Crippen LogP contribution in [0.2, 0.25) is 0 Å². The minimum atomic E-state index is 0.590. The van der Waals surface area contributed by atoms with E-state index in [-0.39, 0.29) is 0 Å². The minimum absolute atomic E-state index is 0.590. The van der Waals surface area contributed by atoms with E-state index in [1.54, 1.807) is 11.3 Å². The topological polar surface area (TPSA) is 12.0 Å². The van der Waals surface area contributed by atoms with Gasteiger partial charge in [-0.3, -0.25) is 0 Å². The quantitative estimate of drug-likeness (QED) is 0.761. The molecule has 0 bridgehead atoms. The second kappa shape index (κ2) is 4.25. The molecule has 1 nitrogen and oxygen atoms in total. The van der Waals surface area contributed by atoms with Crippen molar-refractivity contribution in [3.8, 4) is 0 Å². The Morgan fingerprint density at radius 3 is 3.00 bits per heavy atom. The molecule has 2 rings (SSSR count). The summed E-state index contributed by atoms with van der Waals surface area (Å²) in [4.78, 5) is 0. The van der Waals surface area contributed by atoms with E-state index in [0.29, 0.717) is 6.04 Å². The molecule has 1 heterocycles. The van der Waals surface area contributed by atoms with Crippen LogP contribution in [-0.4, -0.2) is 7.05 Å². The molecule has 1 aliphatic carbocycles. The first kappa shape index (κ1) is 9.22. The molecule has 1 fully saturated rings. The van der Waals surface area contributed by atoms with E-state index in [0.717, 1.165) is 5.92 Å². The van der Waals surface area contributed by atoms with Gasteiger partial charge in [0.15, 0.2) is 0 Å². The van der Waals surface area contributed by atoms with Crippen molar-refractivity contribution in [3.05, 3.63) is 22.4 Å². The molecule has 1 aliphatic rings. The van der Waals surface area contributed by atoms with Crippen molar-refractivity contribution in [2.24, 2.45) is 5.92 Å². The van der Waals surface area contributed by atoms with Crippen LogP contribution in [0.3, 0.4) is 0 Å². The highest BCUT2D eigenvalue weighted by Crippen LogP contribution is 2.35. The summed E-state index contributed by atoms with van der Waals surface area (Å²) in [6.07, 6.45) is 5.65. The monoisotopic (exact) mass is 195 g/mol. The lowest BCUT2D eigenvalue weighted by Gasteiger charge is -2.14. The van der Waals surface area contributed by atoms with Gasteiger partial charge in [-0.05, 0) is 48.2 Å². The third-order valence-corrected chi connectivity index (χ3v) is 3.56. The normalized spacial score (nSPS) is 18.8. The SMILES string of the molecule is CNC(CCC1CC1)c1ccsc1. The average molecular weight is 195 g/mol. The van der Waals surface area contributed by atoms with Gasteiger partial charge >= 0.3 is 0 Å². The van der Waals surface area contributed by atoms with Crippen LogP contribution in [0.15, 0.2) is 16.8 Å². The molecule has 2 heteroatoms. The molecule has 0 amide bonds. The van der Waals surface area contributed by atoms with E-state index in [4.69, 9.17) is 0 Å². The van der Waals surface area contributed by atoms with Gasteiger partial charge in [0.1, 0.15) is 0 Å². The molecule has 0 aromatic carbocycles. The molecule has 0 spiro atoms. The van der Waals surface area contributed by atoms with Crippen LogP contribution >= 0.6 is 11.3 Å². The van der Waals surface area contributed by atoms with Gasteiger partial charge in [0.25, 0.3) is 0 Å². The number of hydrogen-bond acceptors (Lipinski definition) is 2. The Morgan fingerprint density at radius 1 is 1.62 bits per heavy atom. The third kappa shape index (κ3) is 2.55. The van der Waals surface area contributed by atoms with E-state index in [9.17, 15) is 0 Å². The predicted octanol–water partition coefficient (Wildman–Crippen LogP) is 3.20. The summed E-state index contributed by atoms with van der Waals surface area (Å²) >= 11 is 1.79. The molecule has 0 aliphatic heterocycles. The summed E-state index contributed by atoms with van der Waals surface area (Å²) in [5, 5.41) is 7.82. The molecule has 1 aromatic heterocycles. The van der Waals surface area contributed by atoms with E-state index in [1.807, 2.05) is 0 Å². The Hall–Kier alpha value is -0.340. The van der Waals surface area contributed by atoms with E-state index in [2.05, 4.69) is 29.2 Å². The number of thiophene rings is 1. The average Bonchev–Trinajstić information content (AvgIpc) is 2.81. The van der Waals surface area contributed by atoms with Crippen molar-refractivity contribution >= 4 is 11.3 Å². The molecule has 1 aromatic rings. The van der Waals surface area contributed by atoms with Crippen molar-refractivity contribution < 1.29 is 0 Å². The van der Waals surface area contributed by atoms with Crippen molar-refractivity contribution in [1.82, 2.24) is 5.32 Å². The zero-order chi connectivity index (χ0) is 9.10. The van der Waals surface area contributed by atoms with E-state index in [1.165, 1.54) is 31.2 Å². The highest BCUT2D eigenvalue weighted by Gasteiger charge is 2.22. The van der Waals surface area contributed by atoms with Gasteiger partial charge in [-0.2, -0.15) is 11.3 Å². The van der Waals surface area contributed by atoms with Gasteiger partial charge in [-0.25, -0.2) is 0 Å². The summed E-state index contributed by atoms with van der Waals surface area (Å²) in [6.45, 7) is 0. The first-order chi connectivity index (χ1) is 6.40. The third-order valence-electron chi connectivity index (χ3n) is 2.85. The van der Waals surface area contributed by atoms with Gasteiger partial charge in [-0.15, -0.1) is 0 Å². The van der Waals surface area contributed by atoms with E-state index < -0.39 is 0 Å². The van der Waals surface area contributed by atoms with Gasteiger partial charge in [-0.1, -0.05) is 12.8 Å². The van der Waals surface area contributed by atoms with Crippen LogP contribution in [0.5, 0.6) is 0 Å². The second-order valence-corrected chi connectivity index (χ2v) is 4.70. The van der Waals surface area contributed by atoms with Crippen LogP contribution in [0, 0.1) is 5.92 Å². The molecule has 1 unspecified atom stereocenters. The minimum Gasteiger partial charge on any atom is -0.313 e. The maximum atomic E-state index is 3.39. The fraction of sp³-hybridized carbons (Fsp3) is 0.636. The Morgan fingerprint density at radius 2 is 2.46 bits per heavy atom. The highest BCUT2D eigenvalue weighted by atomic mass is 32.1. The van der Waals surface area contributed by atoms with Crippen molar-refractivity contribution in [2.45, 2.75) is 31.7 Å². The Kier molecular flexibility index (Phi) is 3.01. The summed E-state index contributed by atoms with van der Waals surface area (Å²) in [7, 11) is 2.06. The maximum Gasteiger partial charge on any atom is 0.0325 e.